The van der Waals surface area contributed by atoms with Crippen molar-refractivity contribution in [2.45, 2.75) is 32.5 Å². The number of urea groups is 1. The molecule has 2 fully saturated rings. The van der Waals surface area contributed by atoms with E-state index in [1.54, 1.807) is 15.9 Å². The van der Waals surface area contributed by atoms with Crippen molar-refractivity contribution >= 4 is 33.2 Å². The number of aryl methyl sites for hydroxylation is 2. The van der Waals surface area contributed by atoms with Gasteiger partial charge in [-0.3, -0.25) is 4.90 Å². The highest BCUT2D eigenvalue weighted by Crippen LogP contribution is 2.37. The van der Waals surface area contributed by atoms with Crippen molar-refractivity contribution in [3.05, 3.63) is 64.2 Å². The number of carbonyl (C=O) groups is 1. The lowest BCUT2D eigenvalue weighted by Gasteiger charge is -2.23. The van der Waals surface area contributed by atoms with Gasteiger partial charge in [0.2, 0.25) is 0 Å². The van der Waals surface area contributed by atoms with E-state index in [1.807, 2.05) is 50.2 Å². The van der Waals surface area contributed by atoms with E-state index in [2.05, 4.69) is 0 Å². The first-order valence-electron chi connectivity index (χ1n) is 8.87. The number of rotatable bonds is 3. The van der Waals surface area contributed by atoms with Crippen molar-refractivity contribution in [1.82, 2.24) is 4.90 Å². The van der Waals surface area contributed by atoms with E-state index in [1.165, 1.54) is 0 Å². The van der Waals surface area contributed by atoms with Crippen molar-refractivity contribution < 1.29 is 13.2 Å². The molecule has 7 heteroatoms. The van der Waals surface area contributed by atoms with Gasteiger partial charge in [0.25, 0.3) is 0 Å². The molecule has 2 aromatic rings. The summed E-state index contributed by atoms with van der Waals surface area (Å²) in [5.74, 6) is -0.00939. The molecule has 4 rings (SSSR count). The predicted octanol–water partition coefficient (Wildman–Crippen LogP) is 3.56. The van der Waals surface area contributed by atoms with Crippen molar-refractivity contribution in [2.24, 2.45) is 0 Å². The maximum absolute atomic E-state index is 13.2. The number of amides is 2. The van der Waals surface area contributed by atoms with E-state index >= 15 is 0 Å². The maximum Gasteiger partial charge on any atom is 0.325 e. The van der Waals surface area contributed by atoms with Crippen LogP contribution < -0.4 is 4.90 Å². The van der Waals surface area contributed by atoms with Crippen molar-refractivity contribution in [1.29, 1.82) is 0 Å². The largest absolute Gasteiger partial charge is 0.325 e. The van der Waals surface area contributed by atoms with Crippen LogP contribution in [-0.4, -0.2) is 42.9 Å². The molecular formula is C20H21ClN2O3S. The van der Waals surface area contributed by atoms with Crippen LogP contribution in [0.2, 0.25) is 5.02 Å². The smallest absolute Gasteiger partial charge is 0.314 e. The van der Waals surface area contributed by atoms with Gasteiger partial charge in [0.15, 0.2) is 9.84 Å². The minimum absolute atomic E-state index is 0.00527. The summed E-state index contributed by atoms with van der Waals surface area (Å²) in [6.07, 6.45) is 0. The van der Waals surface area contributed by atoms with Crippen LogP contribution in [0.25, 0.3) is 0 Å². The molecule has 2 heterocycles. The molecule has 0 unspecified atom stereocenters. The van der Waals surface area contributed by atoms with E-state index in [-0.39, 0.29) is 29.6 Å². The molecule has 0 saturated carbocycles. The van der Waals surface area contributed by atoms with Crippen LogP contribution in [0.15, 0.2) is 42.5 Å². The molecule has 2 amide bonds. The number of anilines is 1. The van der Waals surface area contributed by atoms with E-state index in [0.29, 0.717) is 17.3 Å². The number of halogens is 1. The first-order chi connectivity index (χ1) is 12.7. The molecule has 0 aromatic heterocycles. The SMILES string of the molecule is Cc1cccc(CN2C(=O)N(c3ccc(C)c(Cl)c3)[C@@H]3CS(=O)(=O)C[C@@H]32)c1. The standard InChI is InChI=1S/C20H21ClN2O3S/c1-13-4-3-5-15(8-13)10-22-18-11-27(25,26)12-19(18)23(20(22)24)16-7-6-14(2)17(21)9-16/h3-9,18-19H,10-12H2,1-2H3/t18-,19+/m0/s1. The van der Waals surface area contributed by atoms with Crippen molar-refractivity contribution in [3.8, 4) is 0 Å². The third kappa shape index (κ3) is 3.32. The molecule has 0 aliphatic carbocycles. The molecule has 2 atom stereocenters. The summed E-state index contributed by atoms with van der Waals surface area (Å²) < 4.78 is 24.6. The molecule has 0 N–H and O–H groups in total. The Morgan fingerprint density at radius 3 is 2.52 bits per heavy atom. The summed E-state index contributed by atoms with van der Waals surface area (Å²) in [6.45, 7) is 4.29. The summed E-state index contributed by atoms with van der Waals surface area (Å²) in [5, 5.41) is 0.565. The fourth-order valence-electron chi connectivity index (χ4n) is 4.00. The van der Waals surface area contributed by atoms with E-state index in [0.717, 1.165) is 16.7 Å². The second-order valence-electron chi connectivity index (χ2n) is 7.41. The Bertz CT molecular complexity index is 1020. The lowest BCUT2D eigenvalue weighted by atomic mass is 10.1. The third-order valence-corrected chi connectivity index (χ3v) is 7.45. The van der Waals surface area contributed by atoms with Gasteiger partial charge < -0.3 is 4.90 Å². The van der Waals surface area contributed by atoms with Gasteiger partial charge in [0.1, 0.15) is 0 Å². The highest BCUT2D eigenvalue weighted by Gasteiger charge is 2.53. The summed E-state index contributed by atoms with van der Waals surface area (Å²) in [7, 11) is -3.19. The van der Waals surface area contributed by atoms with E-state index in [4.69, 9.17) is 11.6 Å². The number of carbonyl (C=O) groups excluding carboxylic acids is 1. The van der Waals surface area contributed by atoms with Crippen LogP contribution in [0.5, 0.6) is 0 Å². The lowest BCUT2D eigenvalue weighted by molar-refractivity contribution is 0.206. The highest BCUT2D eigenvalue weighted by atomic mass is 35.5. The van der Waals surface area contributed by atoms with Crippen LogP contribution in [0.4, 0.5) is 10.5 Å². The zero-order valence-electron chi connectivity index (χ0n) is 15.2. The molecule has 0 bridgehead atoms. The van der Waals surface area contributed by atoms with Gasteiger partial charge in [0.05, 0.1) is 23.6 Å². The Kier molecular flexibility index (Phi) is 4.43. The Morgan fingerprint density at radius 2 is 1.81 bits per heavy atom. The first-order valence-corrected chi connectivity index (χ1v) is 11.1. The maximum atomic E-state index is 13.2. The third-order valence-electron chi connectivity index (χ3n) is 5.35. The summed E-state index contributed by atoms with van der Waals surface area (Å²) in [6, 6.07) is 12.5. The average molecular weight is 405 g/mol. The Labute approximate surface area is 164 Å². The minimum Gasteiger partial charge on any atom is -0.314 e. The van der Waals surface area contributed by atoms with Crippen LogP contribution in [0.3, 0.4) is 0 Å². The first kappa shape index (κ1) is 18.3. The molecule has 27 heavy (non-hydrogen) atoms. The molecule has 2 aliphatic rings. The molecule has 142 valence electrons. The highest BCUT2D eigenvalue weighted by molar-refractivity contribution is 7.91. The van der Waals surface area contributed by atoms with Gasteiger partial charge in [-0.05, 0) is 37.1 Å². The Balaban J connectivity index is 1.72. The summed E-state index contributed by atoms with van der Waals surface area (Å²) >= 11 is 6.25. The summed E-state index contributed by atoms with van der Waals surface area (Å²) in [5.41, 5.74) is 3.67. The second kappa shape index (κ2) is 6.53. The number of fused-ring (bicyclic) bond motifs is 1. The molecule has 2 aliphatic heterocycles. The lowest BCUT2D eigenvalue weighted by Crippen LogP contribution is -2.37. The molecule has 2 aromatic carbocycles. The van der Waals surface area contributed by atoms with Crippen LogP contribution >= 0.6 is 11.6 Å². The molecule has 5 nitrogen and oxygen atoms in total. The van der Waals surface area contributed by atoms with Gasteiger partial charge >= 0.3 is 6.03 Å². The number of hydrogen-bond acceptors (Lipinski definition) is 3. The van der Waals surface area contributed by atoms with Gasteiger partial charge in [0, 0.05) is 17.3 Å². The van der Waals surface area contributed by atoms with E-state index < -0.39 is 9.84 Å². The Morgan fingerprint density at radius 1 is 1.07 bits per heavy atom. The number of hydrogen-bond donors (Lipinski definition) is 0. The second-order valence-corrected chi connectivity index (χ2v) is 9.98. The normalized spacial score (nSPS) is 23.7. The minimum atomic E-state index is -3.19. The zero-order chi connectivity index (χ0) is 19.3. The van der Waals surface area contributed by atoms with Crippen LogP contribution in [-0.2, 0) is 16.4 Å². The van der Waals surface area contributed by atoms with Gasteiger partial charge in [-0.2, -0.15) is 0 Å². The monoisotopic (exact) mass is 404 g/mol. The van der Waals surface area contributed by atoms with Crippen molar-refractivity contribution in [2.75, 3.05) is 16.4 Å². The quantitative estimate of drug-likeness (QED) is 0.735. The zero-order valence-corrected chi connectivity index (χ0v) is 16.8. The number of sulfone groups is 1. The van der Waals surface area contributed by atoms with Crippen molar-refractivity contribution in [3.63, 3.8) is 0 Å². The van der Waals surface area contributed by atoms with E-state index in [9.17, 15) is 13.2 Å². The predicted molar refractivity (Wildman–Crippen MR) is 107 cm³/mol. The molecule has 0 radical (unpaired) electrons. The molecular weight excluding hydrogens is 384 g/mol. The van der Waals surface area contributed by atoms with Crippen LogP contribution in [0, 0.1) is 13.8 Å². The molecule has 0 spiro atoms. The van der Waals surface area contributed by atoms with Gasteiger partial charge in [-0.1, -0.05) is 47.5 Å². The number of benzene rings is 2. The average Bonchev–Trinajstić information content (AvgIpc) is 3.02. The fraction of sp³-hybridized carbons (Fsp3) is 0.350. The summed E-state index contributed by atoms with van der Waals surface area (Å²) in [4.78, 5) is 16.5. The molecule has 2 saturated heterocycles. The van der Waals surface area contributed by atoms with Crippen LogP contribution in [0.1, 0.15) is 16.7 Å². The van der Waals surface area contributed by atoms with Gasteiger partial charge in [-0.15, -0.1) is 0 Å². The Hall–Kier alpha value is -2.05. The van der Waals surface area contributed by atoms with Gasteiger partial charge in [-0.25, -0.2) is 13.2 Å². The topological polar surface area (TPSA) is 57.7 Å². The fourth-order valence-corrected chi connectivity index (χ4v) is 6.13. The number of nitrogens with zero attached hydrogens (tertiary/aromatic N) is 2.